The molecule has 1 fully saturated rings. The summed E-state index contributed by atoms with van der Waals surface area (Å²) in [4.78, 5) is 24.4. The van der Waals surface area contributed by atoms with Gasteiger partial charge in [-0.25, -0.2) is 4.98 Å². The number of nitrogens with zero attached hydrogens (tertiary/aromatic N) is 6. The maximum absolute atomic E-state index is 12.9. The number of aromatic nitrogens is 4. The summed E-state index contributed by atoms with van der Waals surface area (Å²) in [6, 6.07) is 8.07. The first kappa shape index (κ1) is 18.8. The second-order valence-electron chi connectivity index (χ2n) is 7.54. The number of amides is 1. The number of ether oxygens (including phenoxy) is 1. The number of nitrogens with one attached hydrogen (secondary N) is 1. The average molecular weight is 407 g/mol. The molecule has 9 nitrogen and oxygen atoms in total. The van der Waals surface area contributed by atoms with E-state index in [1.165, 1.54) is 0 Å². The highest BCUT2D eigenvalue weighted by molar-refractivity contribution is 5.94. The van der Waals surface area contributed by atoms with E-state index in [4.69, 9.17) is 9.72 Å². The Morgan fingerprint density at radius 2 is 2.07 bits per heavy atom. The van der Waals surface area contributed by atoms with Crippen molar-refractivity contribution in [1.82, 2.24) is 19.3 Å². The minimum atomic E-state index is -0.324. The molecule has 156 valence electrons. The van der Waals surface area contributed by atoms with Gasteiger partial charge in [0.25, 0.3) is 5.91 Å². The van der Waals surface area contributed by atoms with Crippen LogP contribution in [0.3, 0.4) is 0 Å². The number of aryl methyl sites for hydroxylation is 2. The second kappa shape index (κ2) is 7.56. The zero-order valence-electron chi connectivity index (χ0n) is 17.3. The minimum Gasteiger partial charge on any atom is -0.378 e. The maximum Gasteiger partial charge on any atom is 0.298 e. The van der Waals surface area contributed by atoms with Crippen molar-refractivity contribution < 1.29 is 9.53 Å². The molecule has 2 aliphatic rings. The van der Waals surface area contributed by atoms with Crippen molar-refractivity contribution >= 4 is 28.3 Å². The van der Waals surface area contributed by atoms with Gasteiger partial charge in [0.15, 0.2) is 0 Å². The highest BCUT2D eigenvalue weighted by Gasteiger charge is 2.19. The molecule has 0 radical (unpaired) electrons. The van der Waals surface area contributed by atoms with Gasteiger partial charge in [-0.2, -0.15) is 10.1 Å². The van der Waals surface area contributed by atoms with Crippen molar-refractivity contribution in [3.05, 3.63) is 41.3 Å². The molecular formula is C21H25N7O2. The van der Waals surface area contributed by atoms with Crippen LogP contribution < -0.4 is 15.8 Å². The molecule has 1 N–H and O–H groups in total. The van der Waals surface area contributed by atoms with Crippen molar-refractivity contribution in [1.29, 1.82) is 0 Å². The van der Waals surface area contributed by atoms with E-state index in [0.717, 1.165) is 67.5 Å². The fourth-order valence-electron chi connectivity index (χ4n) is 4.13. The Morgan fingerprint density at radius 1 is 1.23 bits per heavy atom. The predicted molar refractivity (Wildman–Crippen MR) is 114 cm³/mol. The van der Waals surface area contributed by atoms with Gasteiger partial charge >= 0.3 is 0 Å². The van der Waals surface area contributed by atoms with Crippen LogP contribution in [0.25, 0.3) is 10.9 Å². The molecule has 2 aliphatic heterocycles. The normalized spacial score (nSPS) is 16.7. The van der Waals surface area contributed by atoms with E-state index >= 15 is 0 Å². The minimum absolute atomic E-state index is 0.324. The molecule has 5 rings (SSSR count). The van der Waals surface area contributed by atoms with Crippen molar-refractivity contribution in [3.63, 3.8) is 0 Å². The first-order chi connectivity index (χ1) is 14.6. The van der Waals surface area contributed by atoms with E-state index in [0.29, 0.717) is 17.9 Å². The molecule has 4 heterocycles. The Kier molecular flexibility index (Phi) is 4.74. The third-order valence-corrected chi connectivity index (χ3v) is 5.59. The van der Waals surface area contributed by atoms with Crippen LogP contribution in [-0.4, -0.2) is 58.1 Å². The quantitative estimate of drug-likeness (QED) is 0.709. The lowest BCUT2D eigenvalue weighted by atomic mass is 10.2. The lowest BCUT2D eigenvalue weighted by molar-refractivity contribution is 0.0986. The molecule has 0 bridgehead atoms. The number of carbonyl (C=O) groups excluding carboxylic acids is 1. The van der Waals surface area contributed by atoms with Crippen molar-refractivity contribution in [3.8, 4) is 0 Å². The standard InChI is InChI=1S/C21H25N7O2/c1-3-28-18(12-14(2)25-28)20(29)24-21-23-17-13-15(26-8-10-30-11-9-26)4-5-16(17)19-22-6-7-27(19)21/h4-5,12-13,22H,3,6-11H2,1-2H3. The maximum atomic E-state index is 12.9. The molecule has 1 aromatic carbocycles. The average Bonchev–Trinajstić information content (AvgIpc) is 3.41. The van der Waals surface area contributed by atoms with Gasteiger partial charge in [0.2, 0.25) is 5.62 Å². The topological polar surface area (TPSA) is 89.6 Å². The van der Waals surface area contributed by atoms with Crippen molar-refractivity contribution in [2.75, 3.05) is 43.1 Å². The smallest absolute Gasteiger partial charge is 0.298 e. The van der Waals surface area contributed by atoms with E-state index in [1.54, 1.807) is 10.7 Å². The zero-order chi connectivity index (χ0) is 20.7. The van der Waals surface area contributed by atoms with Crippen LogP contribution in [0.4, 0.5) is 11.5 Å². The Hall–Kier alpha value is -3.20. The summed E-state index contributed by atoms with van der Waals surface area (Å²) in [5.74, 6) is 0.635. The van der Waals surface area contributed by atoms with Crippen LogP contribution >= 0.6 is 0 Å². The Bertz CT molecular complexity index is 1190. The first-order valence-corrected chi connectivity index (χ1v) is 10.4. The number of carbonyl (C=O) groups is 1. The Labute approximate surface area is 174 Å². The molecular weight excluding hydrogens is 382 g/mol. The van der Waals surface area contributed by atoms with Crippen LogP contribution in [0.15, 0.2) is 29.3 Å². The number of anilines is 2. The lowest BCUT2D eigenvalue weighted by Crippen LogP contribution is -2.36. The van der Waals surface area contributed by atoms with Gasteiger partial charge in [-0.15, -0.1) is 0 Å². The number of hydrogen-bond donors (Lipinski definition) is 1. The van der Waals surface area contributed by atoms with E-state index in [1.807, 2.05) is 18.4 Å². The van der Waals surface area contributed by atoms with Gasteiger partial charge in [-0.05, 0) is 38.1 Å². The molecule has 0 atom stereocenters. The molecule has 0 spiro atoms. The predicted octanol–water partition coefficient (Wildman–Crippen LogP) is 1.56. The van der Waals surface area contributed by atoms with Gasteiger partial charge in [-0.3, -0.25) is 14.0 Å². The Balaban J connectivity index is 1.62. The third kappa shape index (κ3) is 3.24. The lowest BCUT2D eigenvalue weighted by Gasteiger charge is -2.29. The molecule has 1 amide bonds. The van der Waals surface area contributed by atoms with Crippen LogP contribution in [0, 0.1) is 6.92 Å². The van der Waals surface area contributed by atoms with Gasteiger partial charge < -0.3 is 15.0 Å². The van der Waals surface area contributed by atoms with Gasteiger partial charge in [-0.1, -0.05) is 0 Å². The number of benzene rings is 1. The summed E-state index contributed by atoms with van der Waals surface area (Å²) in [6.45, 7) is 9.14. The number of rotatable bonds is 3. The number of morpholine rings is 1. The van der Waals surface area contributed by atoms with Gasteiger partial charge in [0, 0.05) is 43.8 Å². The number of hydrogen-bond acceptors (Lipinski definition) is 6. The number of fused-ring (bicyclic) bond motifs is 3. The Morgan fingerprint density at radius 3 is 2.87 bits per heavy atom. The monoisotopic (exact) mass is 407 g/mol. The summed E-state index contributed by atoms with van der Waals surface area (Å²) < 4.78 is 9.13. The van der Waals surface area contributed by atoms with E-state index in [9.17, 15) is 4.79 Å². The van der Waals surface area contributed by atoms with Gasteiger partial charge in [0.1, 0.15) is 11.5 Å². The largest absolute Gasteiger partial charge is 0.378 e. The first-order valence-electron chi connectivity index (χ1n) is 10.4. The van der Waals surface area contributed by atoms with Crippen LogP contribution in [-0.2, 0) is 17.8 Å². The highest BCUT2D eigenvalue weighted by atomic mass is 16.5. The molecule has 0 saturated carbocycles. The summed E-state index contributed by atoms with van der Waals surface area (Å²) in [5, 5.41) is 8.81. The molecule has 2 aromatic heterocycles. The SMILES string of the molecule is CCn1nc(C)cc1C(=O)N=c1nc2cc(N3CCOCC3)ccc2c2n1CCN2. The second-order valence-corrected chi connectivity index (χ2v) is 7.54. The van der Waals surface area contributed by atoms with Crippen LogP contribution in [0.2, 0.25) is 0 Å². The molecule has 30 heavy (non-hydrogen) atoms. The fourth-order valence-corrected chi connectivity index (χ4v) is 4.13. The summed E-state index contributed by atoms with van der Waals surface area (Å²) in [6.07, 6.45) is 0. The van der Waals surface area contributed by atoms with Crippen molar-refractivity contribution in [2.24, 2.45) is 4.99 Å². The van der Waals surface area contributed by atoms with Crippen molar-refractivity contribution in [2.45, 2.75) is 26.9 Å². The molecule has 9 heteroatoms. The van der Waals surface area contributed by atoms with Gasteiger partial charge in [0.05, 0.1) is 24.4 Å². The molecule has 0 aliphatic carbocycles. The van der Waals surface area contributed by atoms with E-state index in [-0.39, 0.29) is 5.91 Å². The zero-order valence-corrected chi connectivity index (χ0v) is 17.3. The molecule has 3 aromatic rings. The van der Waals surface area contributed by atoms with Crippen LogP contribution in [0.1, 0.15) is 23.1 Å². The molecule has 0 unspecified atom stereocenters. The summed E-state index contributed by atoms with van der Waals surface area (Å²) in [7, 11) is 0. The third-order valence-electron chi connectivity index (χ3n) is 5.59. The summed E-state index contributed by atoms with van der Waals surface area (Å²) in [5.41, 5.74) is 3.65. The highest BCUT2D eigenvalue weighted by Crippen LogP contribution is 2.27. The van der Waals surface area contributed by atoms with E-state index < -0.39 is 0 Å². The summed E-state index contributed by atoms with van der Waals surface area (Å²) >= 11 is 0. The fraction of sp³-hybridized carbons (Fsp3) is 0.429. The molecule has 1 saturated heterocycles. The van der Waals surface area contributed by atoms with E-state index in [2.05, 4.69) is 38.5 Å². The van der Waals surface area contributed by atoms with Crippen LogP contribution in [0.5, 0.6) is 0 Å².